The number of pyridine rings is 2. The molecule has 0 bridgehead atoms. The van der Waals surface area contributed by atoms with Crippen molar-refractivity contribution in [1.29, 1.82) is 0 Å². The predicted octanol–water partition coefficient (Wildman–Crippen LogP) is 3.69. The molecule has 4 rings (SSSR count). The van der Waals surface area contributed by atoms with E-state index in [-0.39, 0.29) is 5.91 Å². The van der Waals surface area contributed by atoms with E-state index in [0.717, 1.165) is 5.69 Å². The van der Waals surface area contributed by atoms with Crippen molar-refractivity contribution in [3.8, 4) is 17.1 Å². The van der Waals surface area contributed by atoms with E-state index in [2.05, 4.69) is 25.3 Å². The van der Waals surface area contributed by atoms with E-state index in [4.69, 9.17) is 11.6 Å². The fourth-order valence-corrected chi connectivity index (χ4v) is 3.11. The molecule has 1 N–H and O–H groups in total. The van der Waals surface area contributed by atoms with Gasteiger partial charge in [0.2, 0.25) is 0 Å². The molecule has 0 fully saturated rings. The maximum absolute atomic E-state index is 12.6. The van der Waals surface area contributed by atoms with Crippen LogP contribution in [-0.4, -0.2) is 30.4 Å². The Balaban J connectivity index is 1.55. The van der Waals surface area contributed by atoms with Crippen LogP contribution in [0, 0.1) is 0 Å². The molecule has 0 radical (unpaired) electrons. The van der Waals surface area contributed by atoms with Crippen molar-refractivity contribution in [2.45, 2.75) is 0 Å². The van der Waals surface area contributed by atoms with Crippen molar-refractivity contribution < 1.29 is 4.79 Å². The molecule has 26 heavy (non-hydrogen) atoms. The largest absolute Gasteiger partial charge is 0.296 e. The van der Waals surface area contributed by atoms with Crippen molar-refractivity contribution in [2.24, 2.45) is 0 Å². The number of nitrogens with zero attached hydrogens (tertiary/aromatic N) is 5. The van der Waals surface area contributed by atoms with Gasteiger partial charge < -0.3 is 0 Å². The molecule has 9 heteroatoms. The van der Waals surface area contributed by atoms with Crippen molar-refractivity contribution in [1.82, 2.24) is 24.5 Å². The Morgan fingerprint density at radius 3 is 2.81 bits per heavy atom. The first kappa shape index (κ1) is 16.4. The number of carbonyl (C=O) groups excluding carboxylic acids is 1. The first-order chi connectivity index (χ1) is 12.7. The molecule has 0 aliphatic carbocycles. The van der Waals surface area contributed by atoms with Gasteiger partial charge >= 0.3 is 0 Å². The second-order valence-corrected chi connectivity index (χ2v) is 6.51. The van der Waals surface area contributed by atoms with Gasteiger partial charge in [-0.15, -0.1) is 11.3 Å². The van der Waals surface area contributed by atoms with Crippen molar-refractivity contribution >= 4 is 34.0 Å². The van der Waals surface area contributed by atoms with Gasteiger partial charge in [-0.05, 0) is 24.3 Å². The molecule has 4 aromatic rings. The highest BCUT2D eigenvalue weighted by Gasteiger charge is 2.15. The zero-order chi connectivity index (χ0) is 17.9. The van der Waals surface area contributed by atoms with E-state index in [9.17, 15) is 4.79 Å². The fraction of sp³-hybridized carbons (Fsp3) is 0. The SMILES string of the molecule is O=C(Nc1nc(-c2ccc(Cl)cn2)cs1)c1cncn1-c1cccnc1. The molecule has 0 saturated carbocycles. The molecular weight excluding hydrogens is 372 g/mol. The third-order valence-corrected chi connectivity index (χ3v) is 4.49. The molecule has 1 amide bonds. The number of halogens is 1. The van der Waals surface area contributed by atoms with Gasteiger partial charge in [0.05, 0.1) is 35.1 Å². The minimum absolute atomic E-state index is 0.309. The second kappa shape index (κ2) is 7.03. The lowest BCUT2D eigenvalue weighted by atomic mass is 10.3. The van der Waals surface area contributed by atoms with Crippen LogP contribution in [0.1, 0.15) is 10.5 Å². The molecule has 0 aliphatic rings. The molecule has 0 atom stereocenters. The Kier molecular flexibility index (Phi) is 4.42. The highest BCUT2D eigenvalue weighted by Crippen LogP contribution is 2.24. The Labute approximate surface area is 157 Å². The summed E-state index contributed by atoms with van der Waals surface area (Å²) in [6.45, 7) is 0. The molecule has 7 nitrogen and oxygen atoms in total. The number of nitrogens with one attached hydrogen (secondary N) is 1. The fourth-order valence-electron chi connectivity index (χ4n) is 2.30. The summed E-state index contributed by atoms with van der Waals surface area (Å²) in [7, 11) is 0. The van der Waals surface area contributed by atoms with E-state index < -0.39 is 0 Å². The Bertz CT molecular complexity index is 1040. The van der Waals surface area contributed by atoms with E-state index in [1.807, 2.05) is 11.4 Å². The standard InChI is InChI=1S/C17H11ClN6OS/c18-11-3-4-13(21-6-11)14-9-26-17(22-14)23-16(25)15-8-20-10-24(15)12-2-1-5-19-7-12/h1-10H,(H,22,23,25). The number of rotatable bonds is 4. The van der Waals surface area contributed by atoms with Gasteiger partial charge in [0.15, 0.2) is 5.13 Å². The lowest BCUT2D eigenvalue weighted by Crippen LogP contribution is -2.16. The summed E-state index contributed by atoms with van der Waals surface area (Å²) in [5.41, 5.74) is 2.49. The lowest BCUT2D eigenvalue weighted by Gasteiger charge is -2.06. The Hall–Kier alpha value is -3.10. The van der Waals surface area contributed by atoms with Crippen LogP contribution in [0.15, 0.2) is 60.8 Å². The Morgan fingerprint density at radius 2 is 2.04 bits per heavy atom. The van der Waals surface area contributed by atoms with E-state index in [0.29, 0.717) is 27.2 Å². The monoisotopic (exact) mass is 382 g/mol. The molecule has 4 aromatic heterocycles. The van der Waals surface area contributed by atoms with Crippen molar-refractivity contribution in [2.75, 3.05) is 5.32 Å². The van der Waals surface area contributed by atoms with Crippen LogP contribution in [0.2, 0.25) is 5.02 Å². The average Bonchev–Trinajstić information content (AvgIpc) is 3.32. The van der Waals surface area contributed by atoms with Gasteiger partial charge in [-0.2, -0.15) is 0 Å². The number of amides is 1. The number of thiazole rings is 1. The quantitative estimate of drug-likeness (QED) is 0.581. The third-order valence-electron chi connectivity index (χ3n) is 3.51. The summed E-state index contributed by atoms with van der Waals surface area (Å²) >= 11 is 7.16. The first-order valence-corrected chi connectivity index (χ1v) is 8.78. The minimum Gasteiger partial charge on any atom is -0.296 e. The smallest absolute Gasteiger partial charge is 0.276 e. The number of carbonyl (C=O) groups is 1. The molecule has 0 aromatic carbocycles. The van der Waals surface area contributed by atoms with Crippen LogP contribution < -0.4 is 5.32 Å². The van der Waals surface area contributed by atoms with Crippen LogP contribution in [-0.2, 0) is 0 Å². The molecule has 0 unspecified atom stereocenters. The number of anilines is 1. The molecule has 0 aliphatic heterocycles. The van der Waals surface area contributed by atoms with E-state index >= 15 is 0 Å². The highest BCUT2D eigenvalue weighted by atomic mass is 35.5. The number of imidazole rings is 1. The molecular formula is C17H11ClN6OS. The van der Waals surface area contributed by atoms with Gasteiger partial charge in [0.25, 0.3) is 5.91 Å². The van der Waals surface area contributed by atoms with Gasteiger partial charge in [-0.1, -0.05) is 11.6 Å². The van der Waals surface area contributed by atoms with Crippen LogP contribution in [0.3, 0.4) is 0 Å². The highest BCUT2D eigenvalue weighted by molar-refractivity contribution is 7.14. The summed E-state index contributed by atoms with van der Waals surface area (Å²) in [5.74, 6) is -0.309. The average molecular weight is 383 g/mol. The summed E-state index contributed by atoms with van der Waals surface area (Å²) in [6.07, 6.45) is 7.95. The maximum Gasteiger partial charge on any atom is 0.276 e. The van der Waals surface area contributed by atoms with Gasteiger partial charge in [0.1, 0.15) is 11.4 Å². The second-order valence-electron chi connectivity index (χ2n) is 5.21. The molecule has 4 heterocycles. The minimum atomic E-state index is -0.309. The molecule has 0 saturated heterocycles. The zero-order valence-electron chi connectivity index (χ0n) is 13.2. The summed E-state index contributed by atoms with van der Waals surface area (Å²) in [5, 5.41) is 5.64. The van der Waals surface area contributed by atoms with E-state index in [1.54, 1.807) is 47.7 Å². The normalized spacial score (nSPS) is 10.7. The van der Waals surface area contributed by atoms with E-state index in [1.165, 1.54) is 17.5 Å². The van der Waals surface area contributed by atoms with Gasteiger partial charge in [-0.25, -0.2) is 9.97 Å². The Morgan fingerprint density at radius 1 is 1.12 bits per heavy atom. The number of hydrogen-bond acceptors (Lipinski definition) is 6. The third kappa shape index (κ3) is 3.32. The van der Waals surface area contributed by atoms with Gasteiger partial charge in [-0.3, -0.25) is 24.6 Å². The summed E-state index contributed by atoms with van der Waals surface area (Å²) in [6, 6.07) is 7.16. The topological polar surface area (TPSA) is 85.6 Å². The van der Waals surface area contributed by atoms with Crippen LogP contribution in [0.25, 0.3) is 17.1 Å². The van der Waals surface area contributed by atoms with Crippen molar-refractivity contribution in [3.63, 3.8) is 0 Å². The molecule has 0 spiro atoms. The summed E-state index contributed by atoms with van der Waals surface area (Å²) < 4.78 is 1.66. The maximum atomic E-state index is 12.6. The summed E-state index contributed by atoms with van der Waals surface area (Å²) in [4.78, 5) is 29.3. The van der Waals surface area contributed by atoms with Crippen LogP contribution in [0.5, 0.6) is 0 Å². The zero-order valence-corrected chi connectivity index (χ0v) is 14.8. The lowest BCUT2D eigenvalue weighted by molar-refractivity contribution is 0.102. The van der Waals surface area contributed by atoms with Crippen LogP contribution >= 0.6 is 22.9 Å². The first-order valence-electron chi connectivity index (χ1n) is 7.52. The predicted molar refractivity (Wildman–Crippen MR) is 99.7 cm³/mol. The number of aromatic nitrogens is 5. The van der Waals surface area contributed by atoms with Crippen LogP contribution in [0.4, 0.5) is 5.13 Å². The van der Waals surface area contributed by atoms with Gasteiger partial charge in [0, 0.05) is 17.8 Å². The molecule has 128 valence electrons. The number of hydrogen-bond donors (Lipinski definition) is 1. The van der Waals surface area contributed by atoms with Crippen molar-refractivity contribution in [3.05, 3.63) is 71.5 Å².